The van der Waals surface area contributed by atoms with Gasteiger partial charge in [-0.3, -0.25) is 0 Å². The predicted molar refractivity (Wildman–Crippen MR) is 17.8 cm³/mol. The Morgan fingerprint density at radius 1 is 1.40 bits per heavy atom. The fourth-order valence-corrected chi connectivity index (χ4v) is 0. The zero-order chi connectivity index (χ0) is 3.58. The molecule has 4 heteroatoms. The van der Waals surface area contributed by atoms with Crippen LogP contribution in [-0.4, -0.2) is 35.2 Å². The van der Waals surface area contributed by atoms with Gasteiger partial charge < -0.3 is 10.2 Å². The Hall–Kier alpha value is -0.133. The normalized spacial score (nSPS) is 4.80. The van der Waals surface area contributed by atoms with E-state index < -0.39 is 6.16 Å². The van der Waals surface area contributed by atoms with Gasteiger partial charge in [0.25, 0.3) is 0 Å². The maximum atomic E-state index is 8.56. The van der Waals surface area contributed by atoms with Gasteiger partial charge in [0.15, 0.2) is 0 Å². The van der Waals surface area contributed by atoms with E-state index in [-0.39, 0.29) is 18.9 Å². The second kappa shape index (κ2) is 3.87. The summed E-state index contributed by atoms with van der Waals surface area (Å²) in [4.78, 5) is 8.56. The predicted octanol–water partition coefficient (Wildman–Crippen LogP) is -0.426. The average Bonchev–Trinajstić information content (AvgIpc) is 0.811. The van der Waals surface area contributed by atoms with Crippen molar-refractivity contribution in [2.24, 2.45) is 0 Å². The molecule has 0 aromatic rings. The Balaban J connectivity index is 0. The van der Waals surface area contributed by atoms with Gasteiger partial charge in [-0.15, -0.1) is 0 Å². The molecule has 0 unspecified atom stereocenters. The molecule has 2 N–H and O–H groups in total. The van der Waals surface area contributed by atoms with Crippen LogP contribution in [0, 0.1) is 0 Å². The first kappa shape index (κ1) is 8.85. The van der Waals surface area contributed by atoms with Crippen LogP contribution in [-0.2, 0) is 0 Å². The van der Waals surface area contributed by atoms with Gasteiger partial charge in [0.1, 0.15) is 0 Å². The van der Waals surface area contributed by atoms with Gasteiger partial charge in [-0.1, -0.05) is 0 Å². The Morgan fingerprint density at radius 2 is 1.40 bits per heavy atom. The van der Waals surface area contributed by atoms with Crippen molar-refractivity contribution in [3.63, 3.8) is 0 Å². The van der Waals surface area contributed by atoms with Crippen LogP contribution >= 0.6 is 0 Å². The summed E-state index contributed by atoms with van der Waals surface area (Å²) < 4.78 is 0. The van der Waals surface area contributed by atoms with Crippen LogP contribution < -0.4 is 0 Å². The molecule has 3 nitrogen and oxygen atoms in total. The molecule has 0 aliphatic rings. The summed E-state index contributed by atoms with van der Waals surface area (Å²) in [5.74, 6) is 0. The third-order valence-electron chi connectivity index (χ3n) is 0. The molecule has 0 heterocycles. The third-order valence-corrected chi connectivity index (χ3v) is 0. The molecule has 0 fully saturated rings. The van der Waals surface area contributed by atoms with Gasteiger partial charge in [0.05, 0.1) is 0 Å². The Morgan fingerprint density at radius 3 is 1.40 bits per heavy atom. The molecule has 0 rings (SSSR count). The molecule has 0 bridgehead atoms. The van der Waals surface area contributed by atoms with E-state index in [1.807, 2.05) is 0 Å². The Labute approximate surface area is 40.8 Å². The second-order valence-corrected chi connectivity index (χ2v) is 0.283. The average molecular weight is 70.0 g/mol. The van der Waals surface area contributed by atoms with Crippen molar-refractivity contribution in [2.45, 2.75) is 0 Å². The van der Waals surface area contributed by atoms with Crippen LogP contribution in [0.3, 0.4) is 0 Å². The van der Waals surface area contributed by atoms with E-state index in [4.69, 9.17) is 15.0 Å². The fourth-order valence-electron chi connectivity index (χ4n) is 0. The van der Waals surface area contributed by atoms with Gasteiger partial charge in [0, 0.05) is 0 Å². The number of hydrogen-bond donors (Lipinski definition) is 2. The third kappa shape index (κ3) is 767. The van der Waals surface area contributed by atoms with E-state index >= 15 is 0 Å². The number of carboxylic acid groups (broad SMARTS) is 2. The van der Waals surface area contributed by atoms with E-state index in [0.717, 1.165) is 0 Å². The van der Waals surface area contributed by atoms with E-state index in [1.54, 1.807) is 0 Å². The molecule has 0 aliphatic heterocycles. The monoisotopic (exact) mass is 70.0 g/mol. The molecular formula is CH3LiO3. The molecule has 0 radical (unpaired) electrons. The molecule has 0 saturated carbocycles. The van der Waals surface area contributed by atoms with Crippen molar-refractivity contribution in [1.82, 2.24) is 0 Å². The van der Waals surface area contributed by atoms with Crippen molar-refractivity contribution < 1.29 is 15.0 Å². The maximum absolute atomic E-state index is 8.56. The van der Waals surface area contributed by atoms with E-state index in [1.165, 1.54) is 0 Å². The zero-order valence-electron chi connectivity index (χ0n) is 1.80. The number of rotatable bonds is 0. The molecule has 0 atom stereocenters. The summed E-state index contributed by atoms with van der Waals surface area (Å²) >= 11 is 0. The topological polar surface area (TPSA) is 57.5 Å². The van der Waals surface area contributed by atoms with Crippen molar-refractivity contribution in [2.75, 3.05) is 0 Å². The molecule has 0 aliphatic carbocycles. The van der Waals surface area contributed by atoms with Crippen LogP contribution in [0.2, 0.25) is 0 Å². The van der Waals surface area contributed by atoms with Gasteiger partial charge in [-0.05, 0) is 0 Å². The molecule has 0 amide bonds. The molecule has 0 aromatic heterocycles. The number of carbonyl (C=O) groups is 1. The zero-order valence-corrected chi connectivity index (χ0v) is 1.80. The van der Waals surface area contributed by atoms with Crippen LogP contribution in [0.15, 0.2) is 0 Å². The second-order valence-electron chi connectivity index (χ2n) is 0.283. The quantitative estimate of drug-likeness (QED) is 0.380. The standard InChI is InChI=1S/CH2O3.Li.H/c2-1(3)4;;/h(H2,2,3,4);;. The fraction of sp³-hybridized carbons (Fsp3) is 0. The minimum atomic E-state index is -1.83. The van der Waals surface area contributed by atoms with Gasteiger partial charge in [0.2, 0.25) is 0 Å². The van der Waals surface area contributed by atoms with E-state index in [0.29, 0.717) is 0 Å². The minimum absolute atomic E-state index is 0. The van der Waals surface area contributed by atoms with E-state index in [9.17, 15) is 0 Å². The molecule has 0 aromatic carbocycles. The summed E-state index contributed by atoms with van der Waals surface area (Å²) in [6, 6.07) is 0. The summed E-state index contributed by atoms with van der Waals surface area (Å²) in [7, 11) is 0. The molecule has 0 spiro atoms. The summed E-state index contributed by atoms with van der Waals surface area (Å²) in [6.07, 6.45) is -1.83. The van der Waals surface area contributed by atoms with Crippen LogP contribution in [0.4, 0.5) is 4.79 Å². The first-order chi connectivity index (χ1) is 1.73. The molecule has 5 heavy (non-hydrogen) atoms. The van der Waals surface area contributed by atoms with Crippen LogP contribution in [0.5, 0.6) is 0 Å². The first-order valence-electron chi connectivity index (χ1n) is 0.651. The van der Waals surface area contributed by atoms with Crippen LogP contribution in [0.1, 0.15) is 0 Å². The molecular weight excluding hydrogens is 66.9 g/mol. The summed E-state index contributed by atoms with van der Waals surface area (Å²) in [6.45, 7) is 0. The van der Waals surface area contributed by atoms with E-state index in [2.05, 4.69) is 0 Å². The molecule has 26 valence electrons. The Bertz CT molecular complexity index is 29.9. The first-order valence-corrected chi connectivity index (χ1v) is 0.651. The van der Waals surface area contributed by atoms with Gasteiger partial charge >= 0.3 is 25.0 Å². The summed E-state index contributed by atoms with van der Waals surface area (Å²) in [5, 5.41) is 13.9. The van der Waals surface area contributed by atoms with Crippen molar-refractivity contribution >= 4 is 25.0 Å². The SMILES string of the molecule is O=C(O)O.[LiH]. The Kier molecular flexibility index (Phi) is 6.85. The summed E-state index contributed by atoms with van der Waals surface area (Å²) in [5.41, 5.74) is 0. The number of hydrogen-bond acceptors (Lipinski definition) is 1. The van der Waals surface area contributed by atoms with Crippen LogP contribution in [0.25, 0.3) is 0 Å². The van der Waals surface area contributed by atoms with Crippen molar-refractivity contribution in [3.8, 4) is 0 Å². The van der Waals surface area contributed by atoms with Gasteiger partial charge in [-0.2, -0.15) is 0 Å². The van der Waals surface area contributed by atoms with Gasteiger partial charge in [-0.25, -0.2) is 4.79 Å². The van der Waals surface area contributed by atoms with Crippen molar-refractivity contribution in [1.29, 1.82) is 0 Å². The molecule has 0 saturated heterocycles. The van der Waals surface area contributed by atoms with Crippen molar-refractivity contribution in [3.05, 3.63) is 0 Å².